The standard InChI is InChI=1S/C12H14N2.C2H6/c1-5-6-14-8-11(7-13)12(9(2)3)10(14)4;1-2/h6,8-9H,1H2,2-4H3;1-2H3. The lowest BCUT2D eigenvalue weighted by molar-refractivity contribution is 0.848. The first-order valence-corrected chi connectivity index (χ1v) is 5.59. The molecule has 0 aromatic carbocycles. The van der Waals surface area contributed by atoms with Crippen LogP contribution in [0.2, 0.25) is 0 Å². The van der Waals surface area contributed by atoms with Crippen molar-refractivity contribution in [2.24, 2.45) is 0 Å². The number of rotatable bonds is 2. The highest BCUT2D eigenvalue weighted by Gasteiger charge is 2.13. The Kier molecular flexibility index (Phi) is 6.00. The topological polar surface area (TPSA) is 28.7 Å². The first-order valence-electron chi connectivity index (χ1n) is 5.59. The van der Waals surface area contributed by atoms with Gasteiger partial charge < -0.3 is 4.57 Å². The Morgan fingerprint density at radius 1 is 1.44 bits per heavy atom. The van der Waals surface area contributed by atoms with Crippen LogP contribution < -0.4 is 0 Å². The molecule has 0 unspecified atom stereocenters. The largest absolute Gasteiger partial charge is 0.319 e. The van der Waals surface area contributed by atoms with Gasteiger partial charge in [-0.3, -0.25) is 0 Å². The summed E-state index contributed by atoms with van der Waals surface area (Å²) in [7, 11) is 0. The molecular weight excluding hydrogens is 196 g/mol. The molecule has 1 aromatic heterocycles. The monoisotopic (exact) mass is 216 g/mol. The normalized spacial score (nSPS) is 8.81. The Morgan fingerprint density at radius 3 is 2.31 bits per heavy atom. The van der Waals surface area contributed by atoms with E-state index in [1.807, 2.05) is 31.5 Å². The number of hydrogen-bond acceptors (Lipinski definition) is 1. The molecule has 0 N–H and O–H groups in total. The molecule has 16 heavy (non-hydrogen) atoms. The zero-order valence-electron chi connectivity index (χ0n) is 10.8. The van der Waals surface area contributed by atoms with Gasteiger partial charge in [0, 0.05) is 11.9 Å². The second-order valence-corrected chi connectivity index (χ2v) is 3.55. The van der Waals surface area contributed by atoms with E-state index in [-0.39, 0.29) is 0 Å². The van der Waals surface area contributed by atoms with Gasteiger partial charge in [-0.15, -0.1) is 5.73 Å². The summed E-state index contributed by atoms with van der Waals surface area (Å²) in [6.45, 7) is 13.7. The van der Waals surface area contributed by atoms with Gasteiger partial charge in [-0.05, 0) is 18.4 Å². The third kappa shape index (κ3) is 2.89. The molecule has 0 amide bonds. The zero-order chi connectivity index (χ0) is 12.7. The van der Waals surface area contributed by atoms with Gasteiger partial charge in [0.2, 0.25) is 0 Å². The molecule has 0 bridgehead atoms. The first-order chi connectivity index (χ1) is 7.61. The molecule has 2 heteroatoms. The summed E-state index contributed by atoms with van der Waals surface area (Å²) in [6, 6.07) is 2.21. The first kappa shape index (κ1) is 14.3. The highest BCUT2D eigenvalue weighted by molar-refractivity contribution is 5.46. The fraction of sp³-hybridized carbons (Fsp3) is 0.429. The van der Waals surface area contributed by atoms with Crippen molar-refractivity contribution in [1.29, 1.82) is 5.26 Å². The van der Waals surface area contributed by atoms with Crippen LogP contribution in [0.15, 0.2) is 18.5 Å². The van der Waals surface area contributed by atoms with E-state index in [2.05, 4.69) is 32.2 Å². The van der Waals surface area contributed by atoms with Gasteiger partial charge in [-0.1, -0.05) is 34.3 Å². The van der Waals surface area contributed by atoms with E-state index < -0.39 is 0 Å². The molecule has 0 aliphatic rings. The molecule has 1 aromatic rings. The van der Waals surface area contributed by atoms with Gasteiger partial charge in [0.15, 0.2) is 0 Å². The van der Waals surface area contributed by atoms with E-state index in [9.17, 15) is 0 Å². The minimum atomic E-state index is 0.365. The van der Waals surface area contributed by atoms with E-state index in [0.717, 1.165) is 16.8 Å². The van der Waals surface area contributed by atoms with Gasteiger partial charge in [-0.2, -0.15) is 5.26 Å². The molecule has 0 spiro atoms. The minimum Gasteiger partial charge on any atom is -0.319 e. The van der Waals surface area contributed by atoms with Crippen molar-refractivity contribution >= 4 is 6.20 Å². The molecule has 86 valence electrons. The lowest BCUT2D eigenvalue weighted by Crippen LogP contribution is -1.93. The SMILES string of the molecule is C=C=Cn1cc(C#N)c(C(C)C)c1C.CC. The van der Waals surface area contributed by atoms with Crippen LogP contribution in [0.25, 0.3) is 6.20 Å². The van der Waals surface area contributed by atoms with Gasteiger partial charge in [0.25, 0.3) is 0 Å². The summed E-state index contributed by atoms with van der Waals surface area (Å²) in [5.41, 5.74) is 5.65. The maximum Gasteiger partial charge on any atom is 0.101 e. The third-order valence-corrected chi connectivity index (χ3v) is 2.26. The van der Waals surface area contributed by atoms with E-state index in [0.29, 0.717) is 5.92 Å². The molecule has 0 aliphatic heterocycles. The van der Waals surface area contributed by atoms with Gasteiger partial charge >= 0.3 is 0 Å². The Hall–Kier alpha value is -1.71. The molecule has 0 radical (unpaired) electrons. The Balaban J connectivity index is 0.00000106. The number of nitriles is 1. The maximum absolute atomic E-state index is 8.96. The van der Waals surface area contributed by atoms with Crippen molar-refractivity contribution in [3.05, 3.63) is 35.3 Å². The highest BCUT2D eigenvalue weighted by Crippen LogP contribution is 2.24. The second-order valence-electron chi connectivity index (χ2n) is 3.55. The third-order valence-electron chi connectivity index (χ3n) is 2.26. The van der Waals surface area contributed by atoms with Crippen LogP contribution in [0.3, 0.4) is 0 Å². The molecule has 0 saturated carbocycles. The second kappa shape index (κ2) is 6.71. The number of nitrogens with zero attached hydrogens (tertiary/aromatic N) is 2. The molecule has 0 saturated heterocycles. The molecule has 1 heterocycles. The predicted octanol–water partition coefficient (Wildman–Crippen LogP) is 4.07. The summed E-state index contributed by atoms with van der Waals surface area (Å²) in [4.78, 5) is 0. The van der Waals surface area contributed by atoms with Crippen molar-refractivity contribution in [1.82, 2.24) is 4.57 Å². The lowest BCUT2D eigenvalue weighted by Gasteiger charge is -2.05. The molecule has 0 fully saturated rings. The summed E-state index contributed by atoms with van der Waals surface area (Å²) in [6.07, 6.45) is 3.56. The van der Waals surface area contributed by atoms with E-state index >= 15 is 0 Å². The van der Waals surface area contributed by atoms with Crippen molar-refractivity contribution < 1.29 is 0 Å². The van der Waals surface area contributed by atoms with Crippen LogP contribution in [-0.2, 0) is 0 Å². The van der Waals surface area contributed by atoms with Gasteiger partial charge in [0.05, 0.1) is 11.8 Å². The smallest absolute Gasteiger partial charge is 0.101 e. The molecule has 1 rings (SSSR count). The van der Waals surface area contributed by atoms with Crippen LogP contribution >= 0.6 is 0 Å². The summed E-state index contributed by atoms with van der Waals surface area (Å²) < 4.78 is 1.89. The molecular formula is C14H20N2. The van der Waals surface area contributed by atoms with Crippen molar-refractivity contribution in [2.75, 3.05) is 0 Å². The van der Waals surface area contributed by atoms with Crippen LogP contribution in [-0.4, -0.2) is 4.57 Å². The average molecular weight is 216 g/mol. The van der Waals surface area contributed by atoms with Gasteiger partial charge in [0.1, 0.15) is 6.07 Å². The summed E-state index contributed by atoms with van der Waals surface area (Å²) >= 11 is 0. The Labute approximate surface area is 98.5 Å². The number of aromatic nitrogens is 1. The predicted molar refractivity (Wildman–Crippen MR) is 69.2 cm³/mol. The van der Waals surface area contributed by atoms with Crippen LogP contribution in [0.5, 0.6) is 0 Å². The summed E-state index contributed by atoms with van der Waals surface area (Å²) in [5.74, 6) is 0.365. The Morgan fingerprint density at radius 2 is 2.00 bits per heavy atom. The molecule has 0 atom stereocenters. The average Bonchev–Trinajstić information content (AvgIpc) is 2.59. The minimum absolute atomic E-state index is 0.365. The van der Waals surface area contributed by atoms with E-state index in [1.54, 1.807) is 6.20 Å². The van der Waals surface area contributed by atoms with E-state index in [4.69, 9.17) is 5.26 Å². The van der Waals surface area contributed by atoms with Crippen LogP contribution in [0, 0.1) is 18.3 Å². The van der Waals surface area contributed by atoms with Crippen molar-refractivity contribution in [3.63, 3.8) is 0 Å². The summed E-state index contributed by atoms with van der Waals surface area (Å²) in [5, 5.41) is 8.96. The zero-order valence-corrected chi connectivity index (χ0v) is 10.8. The Bertz CT molecular complexity index is 424. The molecule has 0 aliphatic carbocycles. The maximum atomic E-state index is 8.96. The highest BCUT2D eigenvalue weighted by atomic mass is 14.9. The van der Waals surface area contributed by atoms with Crippen molar-refractivity contribution in [2.45, 2.75) is 40.5 Å². The van der Waals surface area contributed by atoms with Crippen LogP contribution in [0.1, 0.15) is 50.4 Å². The van der Waals surface area contributed by atoms with Gasteiger partial charge in [-0.25, -0.2) is 0 Å². The number of hydrogen-bond donors (Lipinski definition) is 0. The van der Waals surface area contributed by atoms with Crippen molar-refractivity contribution in [3.8, 4) is 6.07 Å². The fourth-order valence-corrected chi connectivity index (χ4v) is 1.69. The quantitative estimate of drug-likeness (QED) is 0.685. The molecule has 2 nitrogen and oxygen atoms in total. The fourth-order valence-electron chi connectivity index (χ4n) is 1.69. The lowest BCUT2D eigenvalue weighted by atomic mass is 10.0. The van der Waals surface area contributed by atoms with E-state index in [1.165, 1.54) is 0 Å². The van der Waals surface area contributed by atoms with Crippen LogP contribution in [0.4, 0.5) is 0 Å².